The number of pyridine rings is 1. The van der Waals surface area contributed by atoms with Gasteiger partial charge < -0.3 is 29.0 Å². The predicted molar refractivity (Wildman–Crippen MR) is 118 cm³/mol. The monoisotopic (exact) mass is 466 g/mol. The third-order valence-electron chi connectivity index (χ3n) is 5.03. The highest BCUT2D eigenvalue weighted by molar-refractivity contribution is 5.98. The lowest BCUT2D eigenvalue weighted by Crippen LogP contribution is -2.45. The molecule has 1 aliphatic rings. The van der Waals surface area contributed by atoms with Crippen molar-refractivity contribution < 1.29 is 38.1 Å². The van der Waals surface area contributed by atoms with Gasteiger partial charge in [0.05, 0.1) is 13.2 Å². The fraction of sp³-hybridized carbons (Fsp3) is 0.652. The maximum Gasteiger partial charge on any atom is 0.329 e. The fourth-order valence-corrected chi connectivity index (χ4v) is 3.43. The van der Waals surface area contributed by atoms with Crippen molar-refractivity contribution in [1.82, 2.24) is 10.3 Å². The number of carbonyl (C=O) groups is 3. The first kappa shape index (κ1) is 26.5. The molecule has 184 valence electrons. The van der Waals surface area contributed by atoms with Gasteiger partial charge in [-0.15, -0.1) is 0 Å². The minimum Gasteiger partial charge on any atom is -0.493 e. The minimum absolute atomic E-state index is 0.126. The van der Waals surface area contributed by atoms with Crippen LogP contribution >= 0.6 is 0 Å². The number of nitrogens with zero attached hydrogens (tertiary/aromatic N) is 1. The van der Waals surface area contributed by atoms with Gasteiger partial charge in [0.1, 0.15) is 18.2 Å². The van der Waals surface area contributed by atoms with Crippen LogP contribution in [-0.4, -0.2) is 67.5 Å². The minimum atomic E-state index is -0.987. The Kier molecular flexibility index (Phi) is 10.1. The van der Waals surface area contributed by atoms with E-state index in [1.165, 1.54) is 26.3 Å². The summed E-state index contributed by atoms with van der Waals surface area (Å²) >= 11 is 0. The molecule has 1 aromatic rings. The number of esters is 2. The van der Waals surface area contributed by atoms with Crippen LogP contribution in [0.3, 0.4) is 0 Å². The average molecular weight is 467 g/mol. The van der Waals surface area contributed by atoms with Crippen LogP contribution < -0.4 is 14.8 Å². The van der Waals surface area contributed by atoms with Gasteiger partial charge in [-0.3, -0.25) is 9.59 Å². The van der Waals surface area contributed by atoms with Crippen LogP contribution in [0.15, 0.2) is 12.3 Å². The molecule has 10 heteroatoms. The summed E-state index contributed by atoms with van der Waals surface area (Å²) in [5.41, 5.74) is -0.184. The topological polar surface area (TPSA) is 122 Å². The standard InChI is InChI=1S/C23H34N2O8/c1-7-17-20(31-12-13(2)3)14(4)32-23(28)16(9-11-30-17)25-22(27)19-21(33-15(5)26)18(29-6)8-10-24-19/h8,10,13-14,16-17,20H,7,9,11-12H2,1-6H3,(H,25,27)/t14-,16-,17+,20-/m0/s1. The Morgan fingerprint density at radius 1 is 1.33 bits per heavy atom. The number of cyclic esters (lactones) is 1. The molecule has 0 spiro atoms. The zero-order chi connectivity index (χ0) is 24.5. The van der Waals surface area contributed by atoms with Gasteiger partial charge in [-0.1, -0.05) is 20.8 Å². The van der Waals surface area contributed by atoms with Gasteiger partial charge in [0.2, 0.25) is 5.75 Å². The second-order valence-electron chi connectivity index (χ2n) is 8.25. The van der Waals surface area contributed by atoms with E-state index in [-0.39, 0.29) is 36.3 Å². The number of aromatic nitrogens is 1. The Morgan fingerprint density at radius 2 is 2.06 bits per heavy atom. The number of ether oxygens (including phenoxy) is 5. The summed E-state index contributed by atoms with van der Waals surface area (Å²) in [7, 11) is 1.38. The van der Waals surface area contributed by atoms with E-state index in [0.29, 0.717) is 18.9 Å². The van der Waals surface area contributed by atoms with E-state index in [2.05, 4.69) is 10.3 Å². The molecule has 0 aliphatic carbocycles. The molecule has 0 radical (unpaired) electrons. The Morgan fingerprint density at radius 3 is 2.67 bits per heavy atom. The van der Waals surface area contributed by atoms with Gasteiger partial charge in [0, 0.05) is 38.8 Å². The summed E-state index contributed by atoms with van der Waals surface area (Å²) in [5, 5.41) is 2.62. The van der Waals surface area contributed by atoms with Crippen molar-refractivity contribution in [2.45, 2.75) is 71.8 Å². The quantitative estimate of drug-likeness (QED) is 0.575. The Balaban J connectivity index is 2.21. The van der Waals surface area contributed by atoms with Crippen LogP contribution in [0.25, 0.3) is 0 Å². The summed E-state index contributed by atoms with van der Waals surface area (Å²) in [6, 6.07) is 0.473. The Labute approximate surface area is 194 Å². The highest BCUT2D eigenvalue weighted by Gasteiger charge is 2.35. The van der Waals surface area contributed by atoms with E-state index >= 15 is 0 Å². The molecule has 33 heavy (non-hydrogen) atoms. The third-order valence-corrected chi connectivity index (χ3v) is 5.03. The van der Waals surface area contributed by atoms with Crippen LogP contribution in [0.5, 0.6) is 11.5 Å². The van der Waals surface area contributed by atoms with Crippen LogP contribution in [-0.2, 0) is 23.8 Å². The SMILES string of the molecule is CC[C@H]1OCC[C@H](NC(=O)c2nccc(OC)c2OC(C)=O)C(=O)O[C@@H](C)[C@@H]1OCC(C)C. The Hall–Kier alpha value is -2.72. The molecule has 0 unspecified atom stereocenters. The highest BCUT2D eigenvalue weighted by Crippen LogP contribution is 2.30. The average Bonchev–Trinajstić information content (AvgIpc) is 2.80. The second kappa shape index (κ2) is 12.5. The van der Waals surface area contributed by atoms with Crippen molar-refractivity contribution >= 4 is 17.8 Å². The molecule has 1 amide bonds. The summed E-state index contributed by atoms with van der Waals surface area (Å²) in [6.07, 6.45) is 0.961. The van der Waals surface area contributed by atoms with E-state index in [1.807, 2.05) is 20.8 Å². The summed E-state index contributed by atoms with van der Waals surface area (Å²) in [5.74, 6) is -1.61. The molecule has 1 saturated heterocycles. The number of carbonyl (C=O) groups excluding carboxylic acids is 3. The molecule has 0 bridgehead atoms. The van der Waals surface area contributed by atoms with Gasteiger partial charge in [-0.05, 0) is 19.3 Å². The third kappa shape index (κ3) is 7.40. The smallest absolute Gasteiger partial charge is 0.329 e. The van der Waals surface area contributed by atoms with Crippen LogP contribution in [0.2, 0.25) is 0 Å². The van der Waals surface area contributed by atoms with Gasteiger partial charge in [0.15, 0.2) is 11.4 Å². The molecule has 2 heterocycles. The molecule has 1 aromatic heterocycles. The van der Waals surface area contributed by atoms with E-state index in [1.54, 1.807) is 6.92 Å². The lowest BCUT2D eigenvalue weighted by Gasteiger charge is -2.30. The van der Waals surface area contributed by atoms with Gasteiger partial charge in [0.25, 0.3) is 5.91 Å². The van der Waals surface area contributed by atoms with Crippen molar-refractivity contribution in [3.63, 3.8) is 0 Å². The molecule has 4 atom stereocenters. The summed E-state index contributed by atoms with van der Waals surface area (Å²) < 4.78 is 27.9. The lowest BCUT2D eigenvalue weighted by atomic mass is 10.1. The lowest BCUT2D eigenvalue weighted by molar-refractivity contribution is -0.165. The van der Waals surface area contributed by atoms with Crippen LogP contribution in [0, 0.1) is 5.92 Å². The van der Waals surface area contributed by atoms with Crippen molar-refractivity contribution in [1.29, 1.82) is 0 Å². The first-order valence-corrected chi connectivity index (χ1v) is 11.1. The number of amides is 1. The molecule has 2 rings (SSSR count). The summed E-state index contributed by atoms with van der Waals surface area (Å²) in [6.45, 7) is 9.73. The zero-order valence-electron chi connectivity index (χ0n) is 20.1. The number of hydrogen-bond acceptors (Lipinski definition) is 9. The highest BCUT2D eigenvalue weighted by atomic mass is 16.6. The first-order chi connectivity index (χ1) is 15.7. The molecule has 1 fully saturated rings. The van der Waals surface area contributed by atoms with Gasteiger partial charge in [-0.2, -0.15) is 0 Å². The van der Waals surface area contributed by atoms with E-state index < -0.39 is 36.1 Å². The van der Waals surface area contributed by atoms with Crippen LogP contribution in [0.1, 0.15) is 57.9 Å². The van der Waals surface area contributed by atoms with Crippen molar-refractivity contribution in [2.24, 2.45) is 5.92 Å². The van der Waals surface area contributed by atoms with Gasteiger partial charge >= 0.3 is 11.9 Å². The molecule has 0 saturated carbocycles. The summed E-state index contributed by atoms with van der Waals surface area (Å²) in [4.78, 5) is 41.4. The molecule has 1 aliphatic heterocycles. The number of hydrogen-bond donors (Lipinski definition) is 1. The predicted octanol–water partition coefficient (Wildman–Crippen LogP) is 2.29. The molecule has 1 N–H and O–H groups in total. The van der Waals surface area contributed by atoms with Gasteiger partial charge in [-0.25, -0.2) is 9.78 Å². The largest absolute Gasteiger partial charge is 0.493 e. The molecular formula is C23H34N2O8. The maximum absolute atomic E-state index is 13.0. The molecular weight excluding hydrogens is 432 g/mol. The Bertz CT molecular complexity index is 829. The second-order valence-corrected chi connectivity index (χ2v) is 8.25. The van der Waals surface area contributed by atoms with Crippen molar-refractivity contribution in [3.05, 3.63) is 18.0 Å². The fourth-order valence-electron chi connectivity index (χ4n) is 3.43. The van der Waals surface area contributed by atoms with Crippen molar-refractivity contribution in [2.75, 3.05) is 20.3 Å². The number of methoxy groups -OCH3 is 1. The number of nitrogens with one attached hydrogen (secondary N) is 1. The number of rotatable bonds is 8. The first-order valence-electron chi connectivity index (χ1n) is 11.1. The molecule has 10 nitrogen and oxygen atoms in total. The normalized spacial score (nSPS) is 23.7. The van der Waals surface area contributed by atoms with Crippen molar-refractivity contribution in [3.8, 4) is 11.5 Å². The van der Waals surface area contributed by atoms with Crippen LogP contribution in [0.4, 0.5) is 0 Å². The van der Waals surface area contributed by atoms with E-state index in [9.17, 15) is 14.4 Å². The van der Waals surface area contributed by atoms with E-state index in [4.69, 9.17) is 23.7 Å². The molecule has 0 aromatic carbocycles. The zero-order valence-corrected chi connectivity index (χ0v) is 20.1. The van der Waals surface area contributed by atoms with E-state index in [0.717, 1.165) is 0 Å². The maximum atomic E-state index is 13.0.